The molecule has 620 valence electrons. The Labute approximate surface area is 735 Å². The molecule has 130 heavy (non-hydrogen) atoms. The van der Waals surface area contributed by atoms with E-state index in [1.807, 2.05) is 238 Å². The Morgan fingerprint density at radius 2 is 0.369 bits per heavy atom. The summed E-state index contributed by atoms with van der Waals surface area (Å²) >= 11 is 0. The molecular weight excluding hydrogens is 1610 g/mol. The molecule has 26 heteroatoms. The summed E-state index contributed by atoms with van der Waals surface area (Å²) in [5.74, 6) is 0. The maximum absolute atomic E-state index is 4.34. The number of aromatic nitrogens is 26. The largest absolute Gasteiger partial charge is 0.354 e. The van der Waals surface area contributed by atoms with Crippen LogP contribution in [0.15, 0.2) is 391 Å². The van der Waals surface area contributed by atoms with Crippen molar-refractivity contribution in [3.63, 3.8) is 0 Å². The maximum atomic E-state index is 4.34. The molecule has 0 radical (unpaired) electrons. The summed E-state index contributed by atoms with van der Waals surface area (Å²) < 4.78 is 0. The lowest BCUT2D eigenvalue weighted by Crippen LogP contribution is -1.75. The Balaban J connectivity index is 0.0000000874. The monoisotopic (exact) mass is 1690 g/mol. The molecule has 6 aromatic carbocycles. The van der Waals surface area contributed by atoms with Crippen molar-refractivity contribution in [3.8, 4) is 0 Å². The molecule has 0 amide bonds. The molecule has 24 heterocycles. The summed E-state index contributed by atoms with van der Waals surface area (Å²) in [6.45, 7) is 0. The van der Waals surface area contributed by atoms with Crippen LogP contribution in [0.4, 0.5) is 0 Å². The minimum atomic E-state index is 0.899. The fourth-order valence-electron chi connectivity index (χ4n) is 16.2. The van der Waals surface area contributed by atoms with Gasteiger partial charge >= 0.3 is 0 Å². The summed E-state index contributed by atoms with van der Waals surface area (Å²) in [5.41, 5.74) is 25.2. The molecule has 30 rings (SSSR count). The van der Waals surface area contributed by atoms with E-state index in [1.165, 1.54) is 64.9 Å². The van der Waals surface area contributed by atoms with E-state index in [2.05, 4.69) is 202 Å². The Morgan fingerprint density at radius 3 is 0.854 bits per heavy atom. The lowest BCUT2D eigenvalue weighted by atomic mass is 10.2. The first-order chi connectivity index (χ1) is 64.5. The number of nitrogens with zero attached hydrogens (tertiary/aromatic N) is 16. The molecule has 26 nitrogen and oxygen atoms in total. The van der Waals surface area contributed by atoms with Crippen molar-refractivity contribution in [1.29, 1.82) is 0 Å². The molecule has 0 saturated carbocycles. The first-order valence-corrected chi connectivity index (χ1v) is 41.7. The number of nitrogens with one attached hydrogen (secondary N) is 10. The molecular formula is C104H74N26. The van der Waals surface area contributed by atoms with E-state index in [0.29, 0.717) is 0 Å². The Hall–Kier alpha value is -18.7. The number of pyridine rings is 12. The zero-order chi connectivity index (χ0) is 86.7. The molecule has 0 aliphatic rings. The predicted octanol–water partition coefficient (Wildman–Crippen LogP) is 23.5. The second kappa shape index (κ2) is 36.0. The number of para-hydroxylation sites is 6. The van der Waals surface area contributed by atoms with Crippen LogP contribution in [0.5, 0.6) is 0 Å². The number of H-pyrrole nitrogens is 10. The summed E-state index contributed by atoms with van der Waals surface area (Å²) in [5, 5.41) is 18.9. The SMILES string of the molecule is c1cc2[nH]c3ccncc3c2cn1.c1cc2c(cn1)[nH]c1cnccc12.c1ccc2c(c1)[nH]c1cccnc12.c1ccc2c(c1)[nH]c1ccncc12.c1ccc2c(c1)[nH]c1cnccc12.c1ccc2c(c1)[nH]c1cncnc12.c1ccc2c(c1)[nH]c1ncccc12.c1ccc2c(c1)[nH]c1ncncc12.c1cnc2[nH]c3ncccc3c2c1.c1cnc2c(c1)[nH]c1cccnc12. The van der Waals surface area contributed by atoms with Crippen LogP contribution in [0.2, 0.25) is 0 Å². The number of benzene rings is 6. The summed E-state index contributed by atoms with van der Waals surface area (Å²) in [6, 6.07) is 85.0. The number of aromatic amines is 10. The molecule has 0 saturated heterocycles. The predicted molar refractivity (Wildman–Crippen MR) is 523 cm³/mol. The first-order valence-electron chi connectivity index (χ1n) is 41.7. The highest BCUT2D eigenvalue weighted by molar-refractivity contribution is 6.12. The van der Waals surface area contributed by atoms with Gasteiger partial charge in [-0.15, -0.1) is 0 Å². The van der Waals surface area contributed by atoms with Crippen molar-refractivity contribution in [2.24, 2.45) is 0 Å². The highest BCUT2D eigenvalue weighted by Gasteiger charge is 2.12. The Bertz CT molecular complexity index is 6930. The normalized spacial score (nSPS) is 11.1. The van der Waals surface area contributed by atoms with Crippen molar-refractivity contribution in [3.05, 3.63) is 391 Å². The van der Waals surface area contributed by atoms with Gasteiger partial charge in [0.15, 0.2) is 0 Å². The van der Waals surface area contributed by atoms with Gasteiger partial charge in [0.1, 0.15) is 46.3 Å². The van der Waals surface area contributed by atoms with Crippen molar-refractivity contribution >= 4 is 219 Å². The number of hydrogen-bond donors (Lipinski definition) is 10. The van der Waals surface area contributed by atoms with Gasteiger partial charge in [0.05, 0.1) is 74.4 Å². The van der Waals surface area contributed by atoms with Gasteiger partial charge in [-0.05, 0) is 146 Å². The van der Waals surface area contributed by atoms with Crippen LogP contribution in [-0.2, 0) is 0 Å². The van der Waals surface area contributed by atoms with Gasteiger partial charge in [0, 0.05) is 235 Å². The molecule has 0 aliphatic heterocycles. The summed E-state index contributed by atoms with van der Waals surface area (Å²) in [7, 11) is 0. The molecule has 30 aromatic rings. The first kappa shape index (κ1) is 78.5. The van der Waals surface area contributed by atoms with Crippen LogP contribution < -0.4 is 0 Å². The quantitative estimate of drug-likeness (QED) is 0.0674. The third-order valence-electron chi connectivity index (χ3n) is 22.2. The van der Waals surface area contributed by atoms with Crippen molar-refractivity contribution < 1.29 is 0 Å². The lowest BCUT2D eigenvalue weighted by Gasteiger charge is -1.87. The van der Waals surface area contributed by atoms with Crippen LogP contribution in [0.1, 0.15) is 0 Å². The van der Waals surface area contributed by atoms with Gasteiger partial charge in [-0.25, -0.2) is 34.9 Å². The van der Waals surface area contributed by atoms with Crippen LogP contribution in [0.25, 0.3) is 219 Å². The molecule has 24 aromatic heterocycles. The minimum Gasteiger partial charge on any atom is -0.354 e. The van der Waals surface area contributed by atoms with E-state index in [9.17, 15) is 0 Å². The average Bonchev–Trinajstić information content (AvgIpc) is 1.72. The Morgan fingerprint density at radius 1 is 0.123 bits per heavy atom. The number of hydrogen-bond acceptors (Lipinski definition) is 16. The van der Waals surface area contributed by atoms with Crippen molar-refractivity contribution in [1.82, 2.24) is 130 Å². The van der Waals surface area contributed by atoms with Crippen LogP contribution >= 0.6 is 0 Å². The third-order valence-corrected chi connectivity index (χ3v) is 22.2. The molecule has 0 fully saturated rings. The summed E-state index contributed by atoms with van der Waals surface area (Å²) in [4.78, 5) is 99.1. The highest BCUT2D eigenvalue weighted by atomic mass is 14.9. The van der Waals surface area contributed by atoms with Gasteiger partial charge in [0.2, 0.25) is 0 Å². The van der Waals surface area contributed by atoms with E-state index >= 15 is 0 Å². The second-order valence-corrected chi connectivity index (χ2v) is 30.0. The van der Waals surface area contributed by atoms with Crippen LogP contribution in [-0.4, -0.2) is 130 Å². The fraction of sp³-hybridized carbons (Fsp3) is 0. The zero-order valence-electron chi connectivity index (χ0n) is 69.1. The third kappa shape index (κ3) is 16.2. The van der Waals surface area contributed by atoms with E-state index in [4.69, 9.17) is 0 Å². The van der Waals surface area contributed by atoms with E-state index < -0.39 is 0 Å². The summed E-state index contributed by atoms with van der Waals surface area (Å²) in [6.07, 6.45) is 39.4. The van der Waals surface area contributed by atoms with Gasteiger partial charge in [0.25, 0.3) is 0 Å². The Kier molecular flexibility index (Phi) is 21.7. The van der Waals surface area contributed by atoms with Crippen molar-refractivity contribution in [2.75, 3.05) is 0 Å². The minimum absolute atomic E-state index is 0.899. The number of fused-ring (bicyclic) bond motifs is 30. The zero-order valence-corrected chi connectivity index (χ0v) is 69.1. The van der Waals surface area contributed by atoms with Gasteiger partial charge in [-0.1, -0.05) is 109 Å². The molecule has 10 N–H and O–H groups in total. The maximum Gasteiger partial charge on any atom is 0.141 e. The van der Waals surface area contributed by atoms with E-state index in [0.717, 1.165) is 154 Å². The average molecular weight is 1690 g/mol. The lowest BCUT2D eigenvalue weighted by molar-refractivity contribution is 1.21. The molecule has 0 bridgehead atoms. The molecule has 0 unspecified atom stereocenters. The standard InChI is InChI=1S/4C11H8N2.6C10H7N3/c1-2-6-10-8(4-1)9-5-3-7-12-11(9)13-10;1-2-5-9-8(4-1)11-10(13-9)6-3-7-12-11;1-2-4-10-8(3-1)9-7-12-6-5-11(9)13-10;1-2-4-10-8(3-1)9-5-6-12-7-11(9)13-10;1-3-11-5-7-8-6-12-4-2-10(8)13-9(1)7;1-3-11-5-9-7(1)8-2-4-12-6-10(8)13-9;1-3-7-9(11-5-1)10-8(13-7)4-2-6-12-10;1-3-7-8-4-2-6-12-10(8)13-9(7)11-5-1;1-2-4-9-7(3-1)8-5-11-6-12-10(8)13-9;1-2-4-8-7(3-1)10-9(13-8)5-11-6-12-10/h1-7H,(H,12,13);3*1-7,13H;3*1-6,13H;2*1-6H,(H,11,12,13);1-6,13H. The molecule has 0 atom stereocenters. The van der Waals surface area contributed by atoms with Gasteiger partial charge in [-0.2, -0.15) is 0 Å². The van der Waals surface area contributed by atoms with Crippen molar-refractivity contribution in [2.45, 2.75) is 0 Å². The van der Waals surface area contributed by atoms with Gasteiger partial charge < -0.3 is 49.8 Å². The highest BCUT2D eigenvalue weighted by Crippen LogP contribution is 2.31. The van der Waals surface area contributed by atoms with E-state index in [1.54, 1.807) is 80.8 Å². The van der Waals surface area contributed by atoms with Crippen LogP contribution in [0.3, 0.4) is 0 Å². The van der Waals surface area contributed by atoms with Gasteiger partial charge in [-0.3, -0.25) is 44.9 Å². The van der Waals surface area contributed by atoms with E-state index in [-0.39, 0.29) is 0 Å². The fourth-order valence-corrected chi connectivity index (χ4v) is 16.2. The molecule has 0 spiro atoms. The smallest absolute Gasteiger partial charge is 0.141 e. The topological polar surface area (TPSA) is 364 Å². The number of rotatable bonds is 0. The second-order valence-electron chi connectivity index (χ2n) is 30.0. The van der Waals surface area contributed by atoms with Crippen LogP contribution in [0, 0.1) is 0 Å². The molecule has 0 aliphatic carbocycles.